The second-order valence-electron chi connectivity index (χ2n) is 4.00. The number of aromatic nitrogens is 2. The van der Waals surface area contributed by atoms with Crippen LogP contribution in [0.2, 0.25) is 0 Å². The second kappa shape index (κ2) is 4.53. The van der Waals surface area contributed by atoms with Gasteiger partial charge in [0.2, 0.25) is 0 Å². The average molecular weight is 255 g/mol. The molecule has 1 aromatic heterocycles. The lowest BCUT2D eigenvalue weighted by atomic mass is 10.2. The van der Waals surface area contributed by atoms with Gasteiger partial charge in [0.1, 0.15) is 11.6 Å². The molecule has 2 aromatic carbocycles. The largest absolute Gasteiger partial charge is 0.424 e. The summed E-state index contributed by atoms with van der Waals surface area (Å²) in [5, 5.41) is 0.915. The number of benzene rings is 2. The fraction of sp³-hybridized carbons (Fsp3) is 0. The summed E-state index contributed by atoms with van der Waals surface area (Å²) in [6.45, 7) is 0. The standard InChI is InChI=1S/C14H10FN3O/c15-11-7-10(5-6-12(11)16)19-14-17-8-9-3-1-2-4-13(9)18-14/h1-8H,16H2. The van der Waals surface area contributed by atoms with Crippen LogP contribution in [-0.2, 0) is 0 Å². The number of para-hydroxylation sites is 1. The van der Waals surface area contributed by atoms with Gasteiger partial charge in [0, 0.05) is 17.6 Å². The van der Waals surface area contributed by atoms with E-state index in [9.17, 15) is 4.39 Å². The number of hydrogen-bond acceptors (Lipinski definition) is 4. The quantitative estimate of drug-likeness (QED) is 0.714. The number of hydrogen-bond donors (Lipinski definition) is 1. The molecule has 0 spiro atoms. The molecule has 0 aliphatic carbocycles. The van der Waals surface area contributed by atoms with Crippen LogP contribution in [0.3, 0.4) is 0 Å². The molecule has 0 saturated heterocycles. The number of nitrogen functional groups attached to an aromatic ring is 1. The Balaban J connectivity index is 1.94. The first kappa shape index (κ1) is 11.4. The fourth-order valence-electron chi connectivity index (χ4n) is 1.68. The van der Waals surface area contributed by atoms with Gasteiger partial charge in [-0.15, -0.1) is 0 Å². The van der Waals surface area contributed by atoms with Gasteiger partial charge >= 0.3 is 6.01 Å². The number of rotatable bonds is 2. The molecule has 0 saturated carbocycles. The first-order chi connectivity index (χ1) is 9.22. The molecule has 0 unspecified atom stereocenters. The summed E-state index contributed by atoms with van der Waals surface area (Å²) < 4.78 is 18.7. The molecule has 4 nitrogen and oxygen atoms in total. The molecule has 3 aromatic rings. The maximum Gasteiger partial charge on any atom is 0.322 e. The lowest BCUT2D eigenvalue weighted by Gasteiger charge is -2.05. The van der Waals surface area contributed by atoms with Gasteiger partial charge in [0.05, 0.1) is 11.2 Å². The van der Waals surface area contributed by atoms with Crippen LogP contribution >= 0.6 is 0 Å². The molecule has 5 heteroatoms. The summed E-state index contributed by atoms with van der Waals surface area (Å²) in [5.74, 6) is -0.222. The maximum absolute atomic E-state index is 13.3. The van der Waals surface area contributed by atoms with Crippen molar-refractivity contribution in [1.29, 1.82) is 0 Å². The molecule has 3 rings (SSSR count). The van der Waals surface area contributed by atoms with Crippen molar-refractivity contribution in [3.63, 3.8) is 0 Å². The van der Waals surface area contributed by atoms with E-state index in [4.69, 9.17) is 10.5 Å². The predicted octanol–water partition coefficient (Wildman–Crippen LogP) is 3.14. The zero-order valence-corrected chi connectivity index (χ0v) is 9.88. The van der Waals surface area contributed by atoms with Crippen molar-refractivity contribution in [2.75, 3.05) is 5.73 Å². The van der Waals surface area contributed by atoms with Crippen LogP contribution in [0.1, 0.15) is 0 Å². The highest BCUT2D eigenvalue weighted by molar-refractivity contribution is 5.77. The van der Waals surface area contributed by atoms with Gasteiger partial charge in [0.15, 0.2) is 0 Å². The molecular weight excluding hydrogens is 245 g/mol. The van der Waals surface area contributed by atoms with E-state index in [-0.39, 0.29) is 11.7 Å². The summed E-state index contributed by atoms with van der Waals surface area (Å²) in [5.41, 5.74) is 6.24. The smallest absolute Gasteiger partial charge is 0.322 e. The Labute approximate surface area is 108 Å². The average Bonchev–Trinajstić information content (AvgIpc) is 2.43. The molecule has 94 valence electrons. The van der Waals surface area contributed by atoms with Gasteiger partial charge in [-0.05, 0) is 18.2 Å². The first-order valence-electron chi connectivity index (χ1n) is 5.67. The summed E-state index contributed by atoms with van der Waals surface area (Å²) in [7, 11) is 0. The summed E-state index contributed by atoms with van der Waals surface area (Å²) in [6, 6.07) is 11.9. The normalized spacial score (nSPS) is 10.6. The number of fused-ring (bicyclic) bond motifs is 1. The molecule has 0 bridgehead atoms. The van der Waals surface area contributed by atoms with E-state index in [1.165, 1.54) is 12.1 Å². The molecular formula is C14H10FN3O. The Morgan fingerprint density at radius 3 is 2.79 bits per heavy atom. The Bertz CT molecular complexity index is 746. The number of ether oxygens (including phenoxy) is 1. The molecule has 19 heavy (non-hydrogen) atoms. The van der Waals surface area contributed by atoms with Gasteiger partial charge < -0.3 is 10.5 Å². The Morgan fingerprint density at radius 1 is 1.11 bits per heavy atom. The highest BCUT2D eigenvalue weighted by Gasteiger charge is 2.05. The number of nitrogens with zero attached hydrogens (tertiary/aromatic N) is 2. The van der Waals surface area contributed by atoms with Crippen molar-refractivity contribution < 1.29 is 9.13 Å². The van der Waals surface area contributed by atoms with E-state index in [1.54, 1.807) is 12.3 Å². The summed E-state index contributed by atoms with van der Waals surface area (Å²) in [4.78, 5) is 8.30. The van der Waals surface area contributed by atoms with E-state index in [0.717, 1.165) is 10.9 Å². The molecule has 2 N–H and O–H groups in total. The number of nitrogens with two attached hydrogens (primary N) is 1. The van der Waals surface area contributed by atoms with E-state index < -0.39 is 5.82 Å². The molecule has 0 atom stereocenters. The first-order valence-corrected chi connectivity index (χ1v) is 5.67. The maximum atomic E-state index is 13.3. The van der Waals surface area contributed by atoms with Crippen molar-refractivity contribution in [3.05, 3.63) is 54.5 Å². The van der Waals surface area contributed by atoms with E-state index in [0.29, 0.717) is 5.75 Å². The number of anilines is 1. The van der Waals surface area contributed by atoms with Gasteiger partial charge in [-0.25, -0.2) is 9.37 Å². The van der Waals surface area contributed by atoms with Crippen molar-refractivity contribution in [2.24, 2.45) is 0 Å². The molecule has 0 fully saturated rings. The lowest BCUT2D eigenvalue weighted by molar-refractivity contribution is 0.440. The third-order valence-electron chi connectivity index (χ3n) is 2.65. The van der Waals surface area contributed by atoms with Crippen molar-refractivity contribution in [3.8, 4) is 11.8 Å². The minimum absolute atomic E-state index is 0.0757. The van der Waals surface area contributed by atoms with Crippen molar-refractivity contribution >= 4 is 16.6 Å². The monoisotopic (exact) mass is 255 g/mol. The minimum atomic E-state index is -0.529. The van der Waals surface area contributed by atoms with Crippen LogP contribution < -0.4 is 10.5 Å². The van der Waals surface area contributed by atoms with E-state index >= 15 is 0 Å². The topological polar surface area (TPSA) is 61.0 Å². The van der Waals surface area contributed by atoms with Crippen LogP contribution in [-0.4, -0.2) is 9.97 Å². The Hall–Kier alpha value is -2.69. The van der Waals surface area contributed by atoms with Gasteiger partial charge in [0.25, 0.3) is 0 Å². The van der Waals surface area contributed by atoms with Crippen LogP contribution in [0.25, 0.3) is 10.9 Å². The highest BCUT2D eigenvalue weighted by atomic mass is 19.1. The zero-order chi connectivity index (χ0) is 13.2. The van der Waals surface area contributed by atoms with Gasteiger partial charge in [-0.3, -0.25) is 0 Å². The lowest BCUT2D eigenvalue weighted by Crippen LogP contribution is -1.94. The van der Waals surface area contributed by atoms with Crippen LogP contribution in [0.15, 0.2) is 48.7 Å². The van der Waals surface area contributed by atoms with Crippen molar-refractivity contribution in [1.82, 2.24) is 9.97 Å². The van der Waals surface area contributed by atoms with Crippen LogP contribution in [0.5, 0.6) is 11.8 Å². The molecule has 0 radical (unpaired) electrons. The molecule has 0 amide bonds. The predicted molar refractivity (Wildman–Crippen MR) is 70.4 cm³/mol. The van der Waals surface area contributed by atoms with Gasteiger partial charge in [-0.1, -0.05) is 18.2 Å². The van der Waals surface area contributed by atoms with Crippen LogP contribution in [0.4, 0.5) is 10.1 Å². The fourth-order valence-corrected chi connectivity index (χ4v) is 1.68. The Kier molecular flexibility index (Phi) is 2.72. The van der Waals surface area contributed by atoms with Crippen molar-refractivity contribution in [2.45, 2.75) is 0 Å². The summed E-state index contributed by atoms with van der Waals surface area (Å²) in [6.07, 6.45) is 1.66. The number of halogens is 1. The minimum Gasteiger partial charge on any atom is -0.424 e. The van der Waals surface area contributed by atoms with Gasteiger partial charge in [-0.2, -0.15) is 4.98 Å². The Morgan fingerprint density at radius 2 is 1.95 bits per heavy atom. The van der Waals surface area contributed by atoms with E-state index in [2.05, 4.69) is 9.97 Å². The highest BCUT2D eigenvalue weighted by Crippen LogP contribution is 2.23. The molecule has 1 heterocycles. The second-order valence-corrected chi connectivity index (χ2v) is 4.00. The van der Waals surface area contributed by atoms with Crippen LogP contribution in [0, 0.1) is 5.82 Å². The molecule has 0 aliphatic rings. The zero-order valence-electron chi connectivity index (χ0n) is 9.88. The van der Waals surface area contributed by atoms with E-state index in [1.807, 2.05) is 24.3 Å². The third-order valence-corrected chi connectivity index (χ3v) is 2.65. The molecule has 0 aliphatic heterocycles. The summed E-state index contributed by atoms with van der Waals surface area (Å²) >= 11 is 0. The third kappa shape index (κ3) is 2.30. The SMILES string of the molecule is Nc1ccc(Oc2ncc3ccccc3n2)cc1F.